The maximum absolute atomic E-state index is 6.17. The topological polar surface area (TPSA) is 42.2 Å². The quantitative estimate of drug-likeness (QED) is 0.479. The third-order valence-electron chi connectivity index (χ3n) is 3.31. The molecule has 3 rings (SSSR count). The van der Waals surface area contributed by atoms with E-state index in [-0.39, 0.29) is 0 Å². The van der Waals surface area contributed by atoms with Crippen molar-refractivity contribution in [1.82, 2.24) is 9.55 Å². The van der Waals surface area contributed by atoms with E-state index in [2.05, 4.69) is 15.5 Å². The van der Waals surface area contributed by atoms with Gasteiger partial charge >= 0.3 is 0 Å². The van der Waals surface area contributed by atoms with Crippen LogP contribution in [0.3, 0.4) is 0 Å². The van der Waals surface area contributed by atoms with Crippen LogP contribution in [0.2, 0.25) is 15.1 Å². The summed E-state index contributed by atoms with van der Waals surface area (Å²) in [5.74, 6) is 0. The molecule has 2 aromatic carbocycles. The van der Waals surface area contributed by atoms with E-state index in [1.165, 1.54) is 0 Å². The summed E-state index contributed by atoms with van der Waals surface area (Å²) < 4.78 is 1.93. The van der Waals surface area contributed by atoms with Gasteiger partial charge in [0.15, 0.2) is 0 Å². The van der Waals surface area contributed by atoms with E-state index in [4.69, 9.17) is 34.8 Å². The van der Waals surface area contributed by atoms with Crippen LogP contribution in [0.5, 0.6) is 0 Å². The number of halogens is 3. The highest BCUT2D eigenvalue weighted by Crippen LogP contribution is 2.25. The second-order valence-electron chi connectivity index (χ2n) is 5.04. The first-order chi connectivity index (χ1) is 11.6. The number of nitrogens with one attached hydrogen (secondary N) is 1. The molecule has 0 bridgehead atoms. The molecule has 4 nitrogen and oxygen atoms in total. The SMILES string of the molecule is Clc1ccc(/C(Cn2ccnc2)=N/Nc2ccc(Cl)cc2Cl)cc1. The van der Waals surface area contributed by atoms with E-state index in [0.29, 0.717) is 27.3 Å². The number of nitrogens with zero attached hydrogens (tertiary/aromatic N) is 3. The minimum absolute atomic E-state index is 0.504. The molecule has 0 aliphatic carbocycles. The Morgan fingerprint density at radius 2 is 1.79 bits per heavy atom. The molecule has 0 saturated heterocycles. The average molecular weight is 380 g/mol. The molecule has 1 aromatic heterocycles. The molecule has 1 heterocycles. The van der Waals surface area contributed by atoms with Crippen LogP contribution in [0, 0.1) is 0 Å². The van der Waals surface area contributed by atoms with Crippen molar-refractivity contribution in [1.29, 1.82) is 0 Å². The number of rotatable bonds is 5. The smallest absolute Gasteiger partial charge is 0.0949 e. The number of hydrazone groups is 1. The highest BCUT2D eigenvalue weighted by atomic mass is 35.5. The number of benzene rings is 2. The van der Waals surface area contributed by atoms with Gasteiger partial charge in [0.05, 0.1) is 29.3 Å². The Hall–Kier alpha value is -2.01. The third-order valence-corrected chi connectivity index (χ3v) is 4.11. The number of aromatic nitrogens is 2. The summed E-state index contributed by atoms with van der Waals surface area (Å²) >= 11 is 18.1. The molecule has 0 amide bonds. The monoisotopic (exact) mass is 378 g/mol. The van der Waals surface area contributed by atoms with Gasteiger partial charge in [0.2, 0.25) is 0 Å². The van der Waals surface area contributed by atoms with Gasteiger partial charge in [0, 0.05) is 22.4 Å². The van der Waals surface area contributed by atoms with Gasteiger partial charge in [-0.3, -0.25) is 5.43 Å². The van der Waals surface area contributed by atoms with Crippen LogP contribution in [0.1, 0.15) is 5.56 Å². The van der Waals surface area contributed by atoms with Crippen LogP contribution in [-0.2, 0) is 6.54 Å². The van der Waals surface area contributed by atoms with Crippen LogP contribution in [0.15, 0.2) is 66.3 Å². The number of hydrogen-bond acceptors (Lipinski definition) is 3. The molecule has 1 N–H and O–H groups in total. The predicted molar refractivity (Wildman–Crippen MR) is 100 cm³/mol. The van der Waals surface area contributed by atoms with Crippen LogP contribution < -0.4 is 5.43 Å². The average Bonchev–Trinajstić information content (AvgIpc) is 3.07. The highest BCUT2D eigenvalue weighted by Gasteiger charge is 2.07. The third kappa shape index (κ3) is 4.29. The lowest BCUT2D eigenvalue weighted by Gasteiger charge is -2.10. The van der Waals surface area contributed by atoms with E-state index in [0.717, 1.165) is 11.3 Å². The Morgan fingerprint density at radius 3 is 2.46 bits per heavy atom. The second-order valence-corrected chi connectivity index (χ2v) is 6.32. The summed E-state index contributed by atoms with van der Waals surface area (Å²) in [6.45, 7) is 0.555. The van der Waals surface area contributed by atoms with Gasteiger partial charge in [-0.2, -0.15) is 5.10 Å². The minimum Gasteiger partial charge on any atom is -0.331 e. The van der Waals surface area contributed by atoms with Gasteiger partial charge in [-0.05, 0) is 35.9 Å². The minimum atomic E-state index is 0.504. The molecular weight excluding hydrogens is 367 g/mol. The fraction of sp³-hybridized carbons (Fsp3) is 0.0588. The van der Waals surface area contributed by atoms with Gasteiger partial charge in [0.25, 0.3) is 0 Å². The molecule has 0 aliphatic rings. The second kappa shape index (κ2) is 7.71. The fourth-order valence-electron chi connectivity index (χ4n) is 2.09. The lowest BCUT2D eigenvalue weighted by atomic mass is 10.1. The molecule has 24 heavy (non-hydrogen) atoms. The molecule has 0 unspecified atom stereocenters. The Morgan fingerprint density at radius 1 is 1.04 bits per heavy atom. The van der Waals surface area contributed by atoms with Crippen molar-refractivity contribution in [2.75, 3.05) is 5.43 Å². The van der Waals surface area contributed by atoms with Crippen LogP contribution in [0.4, 0.5) is 5.69 Å². The van der Waals surface area contributed by atoms with E-state index in [1.807, 2.05) is 35.0 Å². The molecule has 0 aliphatic heterocycles. The zero-order valence-corrected chi connectivity index (χ0v) is 14.7. The molecule has 0 spiro atoms. The van der Waals surface area contributed by atoms with Gasteiger partial charge < -0.3 is 4.57 Å². The van der Waals surface area contributed by atoms with E-state index >= 15 is 0 Å². The summed E-state index contributed by atoms with van der Waals surface area (Å²) in [5.41, 5.74) is 5.44. The number of hydrogen-bond donors (Lipinski definition) is 1. The fourth-order valence-corrected chi connectivity index (χ4v) is 2.67. The summed E-state index contributed by atoms with van der Waals surface area (Å²) in [4.78, 5) is 4.06. The van der Waals surface area contributed by atoms with Crippen LogP contribution in [0.25, 0.3) is 0 Å². The molecular formula is C17H13Cl3N4. The van der Waals surface area contributed by atoms with Gasteiger partial charge in [-0.25, -0.2) is 4.98 Å². The van der Waals surface area contributed by atoms with Gasteiger partial charge in [-0.15, -0.1) is 0 Å². The molecule has 3 aromatic rings. The van der Waals surface area contributed by atoms with Gasteiger partial charge in [-0.1, -0.05) is 46.9 Å². The maximum Gasteiger partial charge on any atom is 0.0949 e. The zero-order chi connectivity index (χ0) is 16.9. The normalized spacial score (nSPS) is 11.5. The van der Waals surface area contributed by atoms with Crippen molar-refractivity contribution < 1.29 is 0 Å². The van der Waals surface area contributed by atoms with E-state index in [9.17, 15) is 0 Å². The summed E-state index contributed by atoms with van der Waals surface area (Å²) in [6.07, 6.45) is 5.34. The van der Waals surface area contributed by atoms with Crippen molar-refractivity contribution in [3.05, 3.63) is 81.8 Å². The van der Waals surface area contributed by atoms with Crippen molar-refractivity contribution in [2.45, 2.75) is 6.54 Å². The summed E-state index contributed by atoms with van der Waals surface area (Å²) in [5, 5.41) is 6.26. The first kappa shape index (κ1) is 16.8. The Labute approximate surface area is 154 Å². The van der Waals surface area contributed by atoms with Crippen LogP contribution in [-0.4, -0.2) is 15.3 Å². The Kier molecular flexibility index (Phi) is 5.41. The largest absolute Gasteiger partial charge is 0.331 e. The van der Waals surface area contributed by atoms with Crippen molar-refractivity contribution in [2.24, 2.45) is 5.10 Å². The molecule has 0 atom stereocenters. The summed E-state index contributed by atoms with van der Waals surface area (Å²) in [7, 11) is 0. The maximum atomic E-state index is 6.17. The lowest BCUT2D eigenvalue weighted by molar-refractivity contribution is 0.848. The lowest BCUT2D eigenvalue weighted by Crippen LogP contribution is -2.12. The first-order valence-corrected chi connectivity index (χ1v) is 8.24. The molecule has 7 heteroatoms. The highest BCUT2D eigenvalue weighted by molar-refractivity contribution is 6.36. The molecule has 0 radical (unpaired) electrons. The Balaban J connectivity index is 1.89. The van der Waals surface area contributed by atoms with Crippen LogP contribution >= 0.6 is 34.8 Å². The molecule has 0 fully saturated rings. The molecule has 122 valence electrons. The predicted octanol–water partition coefficient (Wildman–Crippen LogP) is 5.36. The van der Waals surface area contributed by atoms with E-state index < -0.39 is 0 Å². The van der Waals surface area contributed by atoms with Crippen molar-refractivity contribution in [3.63, 3.8) is 0 Å². The number of imidazole rings is 1. The molecule has 0 saturated carbocycles. The van der Waals surface area contributed by atoms with Crippen molar-refractivity contribution in [3.8, 4) is 0 Å². The Bertz CT molecular complexity index is 843. The van der Waals surface area contributed by atoms with Gasteiger partial charge in [0.1, 0.15) is 0 Å². The van der Waals surface area contributed by atoms with Crippen molar-refractivity contribution >= 4 is 46.2 Å². The first-order valence-electron chi connectivity index (χ1n) is 7.11. The zero-order valence-electron chi connectivity index (χ0n) is 12.5. The number of anilines is 1. The van der Waals surface area contributed by atoms with E-state index in [1.54, 1.807) is 30.7 Å². The summed E-state index contributed by atoms with van der Waals surface area (Å²) in [6, 6.07) is 12.7. The standard InChI is InChI=1S/C17H13Cl3N4/c18-13-3-1-12(2-4-13)17(10-24-8-7-21-11-24)23-22-16-6-5-14(19)9-15(16)20/h1-9,11,22H,10H2/b23-17+.